The van der Waals surface area contributed by atoms with Gasteiger partial charge in [0.15, 0.2) is 5.82 Å². The molecule has 0 bridgehead atoms. The first-order chi connectivity index (χ1) is 17.2. The number of alkyl halides is 1. The van der Waals surface area contributed by atoms with Gasteiger partial charge < -0.3 is 14.8 Å². The highest BCUT2D eigenvalue weighted by Gasteiger charge is 2.31. The molecule has 1 aromatic carbocycles. The number of nitrogens with zero attached hydrogens (tertiary/aromatic N) is 4. The number of hydrogen-bond donors (Lipinski definition) is 1. The van der Waals surface area contributed by atoms with E-state index in [9.17, 15) is 9.18 Å². The molecule has 8 nitrogen and oxygen atoms in total. The topological polar surface area (TPSA) is 79.8 Å². The highest BCUT2D eigenvalue weighted by molar-refractivity contribution is 9.10. The van der Waals surface area contributed by atoms with E-state index in [1.54, 1.807) is 5.01 Å². The average Bonchev–Trinajstić information content (AvgIpc) is 3.05. The predicted molar refractivity (Wildman–Crippen MR) is 142 cm³/mol. The molecule has 0 unspecified atom stereocenters. The quantitative estimate of drug-likeness (QED) is 0.513. The number of hydrogen-bond acceptors (Lipinski definition) is 7. The van der Waals surface area contributed by atoms with Gasteiger partial charge in [-0.3, -0.25) is 5.01 Å². The summed E-state index contributed by atoms with van der Waals surface area (Å²) >= 11 is 3.54. The average molecular weight is 567 g/mol. The lowest BCUT2D eigenvalue weighted by molar-refractivity contribution is 0.0232. The van der Waals surface area contributed by atoms with Crippen molar-refractivity contribution in [2.45, 2.75) is 71.1 Å². The molecule has 1 amide bonds. The number of benzene rings is 1. The third-order valence-electron chi connectivity index (χ3n) is 6.37. The van der Waals surface area contributed by atoms with Crippen LogP contribution in [0.5, 0.6) is 6.01 Å². The largest absolute Gasteiger partial charge is 0.463 e. The molecule has 1 N–H and O–H groups in total. The predicted octanol–water partition coefficient (Wildman–Crippen LogP) is 5.64. The molecule has 0 aliphatic carbocycles. The number of fused-ring (bicyclic) bond motifs is 1. The fourth-order valence-corrected chi connectivity index (χ4v) is 5.02. The summed E-state index contributed by atoms with van der Waals surface area (Å²) in [4.78, 5) is 22.6. The van der Waals surface area contributed by atoms with Crippen LogP contribution >= 0.6 is 15.9 Å². The second-order valence-electron chi connectivity index (χ2n) is 10.6. The highest BCUT2D eigenvalue weighted by Crippen LogP contribution is 2.32. The highest BCUT2D eigenvalue weighted by atomic mass is 79.9. The van der Waals surface area contributed by atoms with Crippen molar-refractivity contribution in [3.05, 3.63) is 22.7 Å². The Bertz CT molecular complexity index is 1050. The van der Waals surface area contributed by atoms with Gasteiger partial charge in [-0.2, -0.15) is 9.97 Å². The number of anilines is 1. The van der Waals surface area contributed by atoms with Crippen LogP contribution in [0.4, 0.5) is 15.0 Å². The number of amides is 1. The van der Waals surface area contributed by atoms with Crippen molar-refractivity contribution in [2.24, 2.45) is 5.92 Å². The van der Waals surface area contributed by atoms with Crippen LogP contribution in [0.3, 0.4) is 0 Å². The maximum Gasteiger partial charge on any atom is 0.429 e. The molecule has 2 atom stereocenters. The summed E-state index contributed by atoms with van der Waals surface area (Å²) in [6.07, 6.45) is 3.86. The molecule has 2 saturated heterocycles. The molecule has 2 aliphatic heterocycles. The van der Waals surface area contributed by atoms with E-state index in [-0.39, 0.29) is 11.9 Å². The van der Waals surface area contributed by atoms with E-state index < -0.39 is 17.9 Å². The van der Waals surface area contributed by atoms with Crippen molar-refractivity contribution in [3.8, 4) is 6.01 Å². The van der Waals surface area contributed by atoms with Crippen LogP contribution in [-0.2, 0) is 4.74 Å². The Kier molecular flexibility index (Phi) is 8.87. The van der Waals surface area contributed by atoms with Gasteiger partial charge in [0, 0.05) is 29.5 Å². The Morgan fingerprint density at radius 1 is 1.19 bits per heavy atom. The third kappa shape index (κ3) is 7.18. The molecule has 10 heteroatoms. The number of ether oxygens (including phenoxy) is 2. The van der Waals surface area contributed by atoms with E-state index in [0.717, 1.165) is 48.5 Å². The van der Waals surface area contributed by atoms with Gasteiger partial charge >= 0.3 is 12.1 Å². The maximum atomic E-state index is 14.2. The van der Waals surface area contributed by atoms with Gasteiger partial charge in [0.05, 0.1) is 12.1 Å². The van der Waals surface area contributed by atoms with E-state index in [1.165, 1.54) is 0 Å². The molecular formula is C26H37BrFN5O3. The minimum atomic E-state index is -0.887. The summed E-state index contributed by atoms with van der Waals surface area (Å²) in [5.74, 6) is 0.712. The van der Waals surface area contributed by atoms with Crippen molar-refractivity contribution < 1.29 is 18.7 Å². The fourth-order valence-electron chi connectivity index (χ4n) is 4.67. The molecule has 0 saturated carbocycles. The molecule has 36 heavy (non-hydrogen) atoms. The SMILES string of the molecule is CC(C)(C)OC(=O)N1CCCCCN1c1nc(OC[C@@H]2CCCNC[C@H](F)C2)nc2cc(Br)ccc12. The third-order valence-corrected chi connectivity index (χ3v) is 6.86. The Hall–Kier alpha value is -2.20. The second-order valence-corrected chi connectivity index (χ2v) is 11.6. The zero-order chi connectivity index (χ0) is 25.7. The molecule has 1 aromatic heterocycles. The van der Waals surface area contributed by atoms with Crippen molar-refractivity contribution in [3.63, 3.8) is 0 Å². The Morgan fingerprint density at radius 2 is 2.00 bits per heavy atom. The summed E-state index contributed by atoms with van der Waals surface area (Å²) in [6, 6.07) is 6.04. The fraction of sp³-hybridized carbons (Fsp3) is 0.654. The molecule has 2 aliphatic rings. The number of halogens is 2. The molecule has 2 aromatic rings. The van der Waals surface area contributed by atoms with Crippen LogP contribution in [0.15, 0.2) is 22.7 Å². The number of carbonyl (C=O) groups is 1. The van der Waals surface area contributed by atoms with Crippen LogP contribution in [0.1, 0.15) is 59.3 Å². The van der Waals surface area contributed by atoms with Gasteiger partial charge in [0.2, 0.25) is 0 Å². The van der Waals surface area contributed by atoms with Gasteiger partial charge in [0.1, 0.15) is 11.8 Å². The first kappa shape index (κ1) is 26.9. The van der Waals surface area contributed by atoms with E-state index in [1.807, 2.05) is 44.0 Å². The smallest absolute Gasteiger partial charge is 0.429 e. The van der Waals surface area contributed by atoms with Crippen LogP contribution in [0.25, 0.3) is 10.9 Å². The van der Waals surface area contributed by atoms with E-state index in [0.29, 0.717) is 44.0 Å². The molecular weight excluding hydrogens is 529 g/mol. The molecule has 0 radical (unpaired) electrons. The molecule has 4 rings (SSSR count). The van der Waals surface area contributed by atoms with Crippen LogP contribution in [0, 0.1) is 5.92 Å². The monoisotopic (exact) mass is 565 g/mol. The molecule has 198 valence electrons. The summed E-state index contributed by atoms with van der Waals surface area (Å²) in [7, 11) is 0. The summed E-state index contributed by atoms with van der Waals surface area (Å²) in [5, 5.41) is 7.52. The summed E-state index contributed by atoms with van der Waals surface area (Å²) < 4.78 is 26.9. The summed E-state index contributed by atoms with van der Waals surface area (Å²) in [6.45, 7) is 8.32. The normalized spacial score (nSPS) is 22.0. The first-order valence-electron chi connectivity index (χ1n) is 12.9. The summed E-state index contributed by atoms with van der Waals surface area (Å²) in [5.41, 5.74) is 0.103. The van der Waals surface area contributed by atoms with Crippen molar-refractivity contribution >= 4 is 38.7 Å². The van der Waals surface area contributed by atoms with Crippen LogP contribution in [0.2, 0.25) is 0 Å². The van der Waals surface area contributed by atoms with Crippen LogP contribution < -0.4 is 15.1 Å². The Labute approximate surface area is 221 Å². The zero-order valence-corrected chi connectivity index (χ0v) is 23.0. The van der Waals surface area contributed by atoms with Crippen molar-refractivity contribution in [1.29, 1.82) is 0 Å². The zero-order valence-electron chi connectivity index (χ0n) is 21.4. The lowest BCUT2D eigenvalue weighted by Crippen LogP contribution is -2.49. The Balaban J connectivity index is 1.65. The molecule has 3 heterocycles. The lowest BCUT2D eigenvalue weighted by Gasteiger charge is -2.35. The van der Waals surface area contributed by atoms with Crippen molar-refractivity contribution in [2.75, 3.05) is 37.8 Å². The minimum absolute atomic E-state index is 0.101. The van der Waals surface area contributed by atoms with Gasteiger partial charge in [0.25, 0.3) is 0 Å². The maximum absolute atomic E-state index is 14.2. The van der Waals surface area contributed by atoms with Gasteiger partial charge in [-0.1, -0.05) is 15.9 Å². The standard InChI is InChI=1S/C26H37BrFN5O3/c1-26(2,3)36-25(34)33-13-6-4-5-12-32(33)23-21-10-9-19(27)15-22(21)30-24(31-23)35-17-18-8-7-11-29-16-20(28)14-18/h9-10,15,18,20,29H,4-8,11-14,16-17H2,1-3H3/t18-,20-/m1/s1. The second kappa shape index (κ2) is 11.9. The molecule has 2 fully saturated rings. The lowest BCUT2D eigenvalue weighted by atomic mass is 9.96. The molecule has 0 spiro atoms. The van der Waals surface area contributed by atoms with E-state index >= 15 is 0 Å². The number of hydrazine groups is 1. The number of nitrogens with one attached hydrogen (secondary N) is 1. The van der Waals surface area contributed by atoms with E-state index in [4.69, 9.17) is 14.5 Å². The number of carbonyl (C=O) groups excluding carboxylic acids is 1. The minimum Gasteiger partial charge on any atom is -0.463 e. The first-order valence-corrected chi connectivity index (χ1v) is 13.7. The van der Waals surface area contributed by atoms with Gasteiger partial charge in [-0.15, -0.1) is 0 Å². The van der Waals surface area contributed by atoms with Crippen LogP contribution in [-0.4, -0.2) is 65.6 Å². The van der Waals surface area contributed by atoms with Gasteiger partial charge in [-0.05, 0) is 90.0 Å². The Morgan fingerprint density at radius 3 is 2.81 bits per heavy atom. The number of rotatable bonds is 4. The van der Waals surface area contributed by atoms with E-state index in [2.05, 4.69) is 26.2 Å². The van der Waals surface area contributed by atoms with Gasteiger partial charge in [-0.25, -0.2) is 14.2 Å². The number of aromatic nitrogens is 2. The van der Waals surface area contributed by atoms with Crippen molar-refractivity contribution in [1.82, 2.24) is 20.3 Å².